The van der Waals surface area contributed by atoms with Gasteiger partial charge < -0.3 is 10.2 Å². The summed E-state index contributed by atoms with van der Waals surface area (Å²) >= 11 is 1.49. The summed E-state index contributed by atoms with van der Waals surface area (Å²) in [6.07, 6.45) is 0.964. The lowest BCUT2D eigenvalue weighted by Crippen LogP contribution is -2.12. The average molecular weight is 356 g/mol. The van der Waals surface area contributed by atoms with Crippen LogP contribution in [0, 0.1) is 10.1 Å². The highest BCUT2D eigenvalue weighted by atomic mass is 32.1. The maximum atomic E-state index is 11.7. The molecule has 0 unspecified atom stereocenters. The van der Waals surface area contributed by atoms with E-state index in [0.717, 1.165) is 21.4 Å². The van der Waals surface area contributed by atoms with Crippen LogP contribution in [-0.4, -0.2) is 22.0 Å². The molecule has 1 N–H and O–H groups in total. The molecule has 0 saturated carbocycles. The third kappa shape index (κ3) is 4.36. The van der Waals surface area contributed by atoms with Crippen LogP contribution in [0.2, 0.25) is 0 Å². The molecule has 2 aromatic carbocycles. The van der Waals surface area contributed by atoms with Crippen LogP contribution in [0.4, 0.5) is 11.4 Å². The van der Waals surface area contributed by atoms with E-state index < -0.39 is 10.8 Å². The SMILES string of the molecule is O=C(/C=N\OCc1nc2ccccc2s1)Nc1cccc([N+](=O)[O-])c1. The van der Waals surface area contributed by atoms with Crippen molar-refractivity contribution in [1.82, 2.24) is 4.98 Å². The second-order valence-electron chi connectivity index (χ2n) is 4.88. The number of nitro groups is 1. The van der Waals surface area contributed by atoms with Crippen LogP contribution in [0.3, 0.4) is 0 Å². The first-order valence-corrected chi connectivity index (χ1v) is 7.99. The van der Waals surface area contributed by atoms with Crippen LogP contribution in [0.25, 0.3) is 10.2 Å². The number of anilines is 1. The number of hydrogen-bond donors (Lipinski definition) is 1. The van der Waals surface area contributed by atoms with Gasteiger partial charge in [-0.3, -0.25) is 14.9 Å². The van der Waals surface area contributed by atoms with E-state index in [1.165, 1.54) is 29.5 Å². The number of fused-ring (bicyclic) bond motifs is 1. The maximum absolute atomic E-state index is 11.7. The van der Waals surface area contributed by atoms with Crippen molar-refractivity contribution in [3.8, 4) is 0 Å². The standard InChI is InChI=1S/C16H12N4O4S/c21-15(18-11-4-3-5-12(8-11)20(22)23)9-17-24-10-16-19-13-6-1-2-7-14(13)25-16/h1-9H,10H2,(H,18,21)/b17-9-. The fourth-order valence-corrected chi connectivity index (χ4v) is 2.91. The maximum Gasteiger partial charge on any atom is 0.271 e. The minimum atomic E-state index is -0.551. The number of oxime groups is 1. The van der Waals surface area contributed by atoms with E-state index >= 15 is 0 Å². The van der Waals surface area contributed by atoms with Gasteiger partial charge in [0.15, 0.2) is 6.61 Å². The molecular formula is C16H12N4O4S. The molecule has 3 aromatic rings. The Morgan fingerprint density at radius 2 is 2.16 bits per heavy atom. The molecule has 0 fully saturated rings. The number of nitrogens with one attached hydrogen (secondary N) is 1. The second kappa shape index (κ2) is 7.49. The van der Waals surface area contributed by atoms with E-state index in [1.54, 1.807) is 6.07 Å². The van der Waals surface area contributed by atoms with Gasteiger partial charge in [-0.15, -0.1) is 11.3 Å². The summed E-state index contributed by atoms with van der Waals surface area (Å²) in [5, 5.41) is 17.5. The Hall–Kier alpha value is -3.33. The van der Waals surface area contributed by atoms with Crippen molar-refractivity contribution in [2.45, 2.75) is 6.61 Å². The summed E-state index contributed by atoms with van der Waals surface area (Å²) < 4.78 is 1.05. The fourth-order valence-electron chi connectivity index (χ4n) is 2.03. The van der Waals surface area contributed by atoms with Gasteiger partial charge in [0.2, 0.25) is 0 Å². The molecule has 25 heavy (non-hydrogen) atoms. The van der Waals surface area contributed by atoms with Crippen LogP contribution in [0.15, 0.2) is 53.7 Å². The number of amides is 1. The molecule has 0 aliphatic carbocycles. The highest BCUT2D eigenvalue weighted by molar-refractivity contribution is 7.18. The van der Waals surface area contributed by atoms with Crippen molar-refractivity contribution < 1.29 is 14.6 Å². The minimum absolute atomic E-state index is 0.109. The highest BCUT2D eigenvalue weighted by Crippen LogP contribution is 2.22. The Labute approximate surface area is 145 Å². The van der Waals surface area contributed by atoms with Gasteiger partial charge in [-0.1, -0.05) is 23.4 Å². The van der Waals surface area contributed by atoms with E-state index in [9.17, 15) is 14.9 Å². The van der Waals surface area contributed by atoms with Crippen molar-refractivity contribution in [3.63, 3.8) is 0 Å². The second-order valence-corrected chi connectivity index (χ2v) is 6.00. The normalized spacial score (nSPS) is 10.9. The monoisotopic (exact) mass is 356 g/mol. The zero-order valence-electron chi connectivity index (χ0n) is 12.8. The zero-order chi connectivity index (χ0) is 17.6. The molecule has 0 atom stereocenters. The zero-order valence-corrected chi connectivity index (χ0v) is 13.6. The quantitative estimate of drug-likeness (QED) is 0.414. The molecule has 9 heteroatoms. The van der Waals surface area contributed by atoms with E-state index in [1.807, 2.05) is 24.3 Å². The molecule has 0 radical (unpaired) electrons. The summed E-state index contributed by atoms with van der Waals surface area (Å²) in [5.74, 6) is -0.551. The van der Waals surface area contributed by atoms with Crippen LogP contribution in [0.1, 0.15) is 5.01 Å². The molecule has 0 saturated heterocycles. The third-order valence-corrected chi connectivity index (χ3v) is 4.11. The molecule has 1 aromatic heterocycles. The van der Waals surface area contributed by atoms with Gasteiger partial charge in [0, 0.05) is 17.8 Å². The van der Waals surface area contributed by atoms with Crippen molar-refractivity contribution in [2.24, 2.45) is 5.16 Å². The Balaban J connectivity index is 1.52. The van der Waals surface area contributed by atoms with Crippen LogP contribution in [-0.2, 0) is 16.2 Å². The smallest absolute Gasteiger partial charge is 0.271 e. The molecule has 0 spiro atoms. The third-order valence-electron chi connectivity index (χ3n) is 3.10. The number of aromatic nitrogens is 1. The summed E-state index contributed by atoms with van der Waals surface area (Å²) in [5.41, 5.74) is 1.08. The number of para-hydroxylation sites is 1. The van der Waals surface area contributed by atoms with Gasteiger partial charge in [-0.2, -0.15) is 0 Å². The Kier molecular flexibility index (Phi) is 4.95. The number of non-ortho nitro benzene ring substituents is 1. The number of carbonyl (C=O) groups is 1. The summed E-state index contributed by atoms with van der Waals surface area (Å²) in [4.78, 5) is 31.3. The number of nitro benzene ring substituents is 1. The van der Waals surface area contributed by atoms with Crippen LogP contribution >= 0.6 is 11.3 Å². The molecule has 1 amide bonds. The van der Waals surface area contributed by atoms with Gasteiger partial charge in [0.05, 0.1) is 15.1 Å². The van der Waals surface area contributed by atoms with Crippen molar-refractivity contribution >= 4 is 45.0 Å². The molecule has 8 nitrogen and oxygen atoms in total. The molecule has 0 aliphatic heterocycles. The Bertz CT molecular complexity index is 921. The topological polar surface area (TPSA) is 107 Å². The predicted molar refractivity (Wildman–Crippen MR) is 94.6 cm³/mol. The molecule has 0 bridgehead atoms. The largest absolute Gasteiger partial charge is 0.388 e. The minimum Gasteiger partial charge on any atom is -0.388 e. The van der Waals surface area contributed by atoms with Crippen molar-refractivity contribution in [1.29, 1.82) is 0 Å². The Morgan fingerprint density at radius 1 is 1.32 bits per heavy atom. The molecular weight excluding hydrogens is 344 g/mol. The van der Waals surface area contributed by atoms with Gasteiger partial charge in [0.25, 0.3) is 11.6 Å². The first kappa shape index (κ1) is 16.5. The molecule has 0 aliphatic rings. The van der Waals surface area contributed by atoms with Crippen LogP contribution in [0.5, 0.6) is 0 Å². The lowest BCUT2D eigenvalue weighted by Gasteiger charge is -2.01. The van der Waals surface area contributed by atoms with Gasteiger partial charge >= 0.3 is 0 Å². The van der Waals surface area contributed by atoms with Crippen molar-refractivity contribution in [3.05, 3.63) is 63.7 Å². The lowest BCUT2D eigenvalue weighted by atomic mass is 10.3. The molecule has 126 valence electrons. The van der Waals surface area contributed by atoms with E-state index in [2.05, 4.69) is 15.5 Å². The van der Waals surface area contributed by atoms with E-state index in [-0.39, 0.29) is 12.3 Å². The van der Waals surface area contributed by atoms with Crippen molar-refractivity contribution in [2.75, 3.05) is 5.32 Å². The summed E-state index contributed by atoms with van der Waals surface area (Å²) in [7, 11) is 0. The number of carbonyl (C=O) groups excluding carboxylic acids is 1. The average Bonchev–Trinajstić information content (AvgIpc) is 3.02. The number of rotatable bonds is 6. The van der Waals surface area contributed by atoms with Gasteiger partial charge in [-0.05, 0) is 18.2 Å². The molecule has 3 rings (SSSR count). The lowest BCUT2D eigenvalue weighted by molar-refractivity contribution is -0.384. The van der Waals surface area contributed by atoms with Gasteiger partial charge in [0.1, 0.15) is 11.2 Å². The summed E-state index contributed by atoms with van der Waals surface area (Å²) in [6, 6.07) is 13.3. The molecule has 1 heterocycles. The number of thiazole rings is 1. The number of nitrogens with zero attached hydrogens (tertiary/aromatic N) is 3. The predicted octanol–water partition coefficient (Wildman–Crippen LogP) is 3.35. The van der Waals surface area contributed by atoms with Crippen LogP contribution < -0.4 is 5.32 Å². The summed E-state index contributed by atoms with van der Waals surface area (Å²) in [6.45, 7) is 0.153. The highest BCUT2D eigenvalue weighted by Gasteiger charge is 2.07. The first-order chi connectivity index (χ1) is 12.1. The van der Waals surface area contributed by atoms with Gasteiger partial charge in [-0.25, -0.2) is 4.98 Å². The Morgan fingerprint density at radius 3 is 2.96 bits per heavy atom. The number of hydrogen-bond acceptors (Lipinski definition) is 7. The number of benzene rings is 2. The van der Waals surface area contributed by atoms with E-state index in [4.69, 9.17) is 4.84 Å². The fraction of sp³-hybridized carbons (Fsp3) is 0.0625. The van der Waals surface area contributed by atoms with E-state index in [0.29, 0.717) is 5.69 Å². The first-order valence-electron chi connectivity index (χ1n) is 7.17.